The second-order valence-electron chi connectivity index (χ2n) is 5.47. The zero-order valence-electron chi connectivity index (χ0n) is 11.6. The van der Waals surface area contributed by atoms with E-state index in [2.05, 4.69) is 31.2 Å². The van der Waals surface area contributed by atoms with Crippen molar-refractivity contribution in [3.8, 4) is 5.75 Å². The number of benzene rings is 1. The van der Waals surface area contributed by atoms with Gasteiger partial charge in [0.25, 0.3) is 0 Å². The molecule has 2 heteroatoms. The van der Waals surface area contributed by atoms with Crippen molar-refractivity contribution in [2.75, 3.05) is 0 Å². The first kappa shape index (κ1) is 13.4. The average molecular weight is 247 g/mol. The van der Waals surface area contributed by atoms with E-state index in [0.717, 1.165) is 17.2 Å². The third-order valence-corrected chi connectivity index (χ3v) is 4.06. The Morgan fingerprint density at radius 3 is 2.50 bits per heavy atom. The van der Waals surface area contributed by atoms with Gasteiger partial charge in [0.05, 0.1) is 0 Å². The van der Waals surface area contributed by atoms with E-state index in [4.69, 9.17) is 10.5 Å². The minimum atomic E-state index is 0.0946. The molecule has 2 N–H and O–H groups in total. The van der Waals surface area contributed by atoms with E-state index in [0.29, 0.717) is 6.10 Å². The van der Waals surface area contributed by atoms with Crippen LogP contribution < -0.4 is 10.5 Å². The fourth-order valence-corrected chi connectivity index (χ4v) is 2.82. The van der Waals surface area contributed by atoms with Crippen LogP contribution in [0, 0.1) is 5.92 Å². The highest BCUT2D eigenvalue weighted by Gasteiger charge is 2.25. The summed E-state index contributed by atoms with van der Waals surface area (Å²) in [5, 5.41) is 0. The molecule has 0 saturated heterocycles. The lowest BCUT2D eigenvalue weighted by Gasteiger charge is -2.31. The molecule has 1 aliphatic rings. The summed E-state index contributed by atoms with van der Waals surface area (Å²) >= 11 is 0. The minimum Gasteiger partial charge on any atom is -0.490 e. The van der Waals surface area contributed by atoms with E-state index in [9.17, 15) is 0 Å². The minimum absolute atomic E-state index is 0.0946. The van der Waals surface area contributed by atoms with Gasteiger partial charge in [-0.3, -0.25) is 0 Å². The smallest absolute Gasteiger partial charge is 0.119 e. The highest BCUT2D eigenvalue weighted by atomic mass is 16.5. The molecule has 0 aromatic heterocycles. The van der Waals surface area contributed by atoms with Gasteiger partial charge in [0.15, 0.2) is 0 Å². The summed E-state index contributed by atoms with van der Waals surface area (Å²) in [5.74, 6) is 1.72. The zero-order chi connectivity index (χ0) is 13.0. The van der Waals surface area contributed by atoms with Gasteiger partial charge in [-0.05, 0) is 56.2 Å². The molecule has 1 aromatic rings. The number of rotatable bonds is 4. The topological polar surface area (TPSA) is 35.2 Å². The molecular formula is C16H25NO. The van der Waals surface area contributed by atoms with Crippen molar-refractivity contribution in [3.63, 3.8) is 0 Å². The third-order valence-electron chi connectivity index (χ3n) is 4.06. The molecule has 1 aromatic carbocycles. The van der Waals surface area contributed by atoms with Gasteiger partial charge < -0.3 is 10.5 Å². The standard InChI is InChI=1S/C16H25NO/c1-3-13-6-4-5-7-16(13)18-15-10-8-14(9-11-15)12(2)17/h8-13,16H,3-7,17H2,1-2H3/t12-,13?,16?/m0/s1. The molecule has 3 atom stereocenters. The highest BCUT2D eigenvalue weighted by molar-refractivity contribution is 5.29. The van der Waals surface area contributed by atoms with Crippen LogP contribution in [-0.2, 0) is 0 Å². The van der Waals surface area contributed by atoms with Crippen molar-refractivity contribution in [1.82, 2.24) is 0 Å². The lowest BCUT2D eigenvalue weighted by atomic mass is 9.85. The van der Waals surface area contributed by atoms with Crippen LogP contribution in [0.25, 0.3) is 0 Å². The van der Waals surface area contributed by atoms with E-state index in [1.165, 1.54) is 32.1 Å². The van der Waals surface area contributed by atoms with E-state index in [1.807, 2.05) is 6.92 Å². The molecular weight excluding hydrogens is 222 g/mol. The van der Waals surface area contributed by atoms with Crippen LogP contribution >= 0.6 is 0 Å². The summed E-state index contributed by atoms with van der Waals surface area (Å²) in [5.41, 5.74) is 7.02. The number of ether oxygens (including phenoxy) is 1. The molecule has 1 aliphatic carbocycles. The molecule has 2 nitrogen and oxygen atoms in total. The van der Waals surface area contributed by atoms with Crippen LogP contribution in [-0.4, -0.2) is 6.10 Å². The second-order valence-corrected chi connectivity index (χ2v) is 5.47. The molecule has 1 saturated carbocycles. The van der Waals surface area contributed by atoms with Crippen molar-refractivity contribution in [2.24, 2.45) is 11.7 Å². The molecule has 0 heterocycles. The van der Waals surface area contributed by atoms with Crippen molar-refractivity contribution in [2.45, 2.75) is 58.1 Å². The lowest BCUT2D eigenvalue weighted by Crippen LogP contribution is -2.29. The fourth-order valence-electron chi connectivity index (χ4n) is 2.82. The first-order valence-electron chi connectivity index (χ1n) is 7.23. The van der Waals surface area contributed by atoms with Gasteiger partial charge in [-0.15, -0.1) is 0 Å². The lowest BCUT2D eigenvalue weighted by molar-refractivity contribution is 0.0904. The predicted molar refractivity (Wildman–Crippen MR) is 75.7 cm³/mol. The van der Waals surface area contributed by atoms with E-state index >= 15 is 0 Å². The van der Waals surface area contributed by atoms with Crippen LogP contribution in [0.15, 0.2) is 24.3 Å². The van der Waals surface area contributed by atoms with Gasteiger partial charge in [0.2, 0.25) is 0 Å². The average Bonchev–Trinajstić information content (AvgIpc) is 2.40. The summed E-state index contributed by atoms with van der Waals surface area (Å²) in [7, 11) is 0. The molecule has 18 heavy (non-hydrogen) atoms. The van der Waals surface area contributed by atoms with Gasteiger partial charge in [-0.25, -0.2) is 0 Å². The van der Waals surface area contributed by atoms with Crippen molar-refractivity contribution < 1.29 is 4.74 Å². The van der Waals surface area contributed by atoms with Gasteiger partial charge in [-0.2, -0.15) is 0 Å². The van der Waals surface area contributed by atoms with E-state index in [1.54, 1.807) is 0 Å². The van der Waals surface area contributed by atoms with Crippen LogP contribution in [0.3, 0.4) is 0 Å². The summed E-state index contributed by atoms with van der Waals surface area (Å²) < 4.78 is 6.15. The SMILES string of the molecule is CCC1CCCCC1Oc1ccc([C@H](C)N)cc1. The van der Waals surface area contributed by atoms with Crippen LogP contribution in [0.2, 0.25) is 0 Å². The highest BCUT2D eigenvalue weighted by Crippen LogP contribution is 2.30. The van der Waals surface area contributed by atoms with Crippen LogP contribution in [0.4, 0.5) is 0 Å². The van der Waals surface area contributed by atoms with Gasteiger partial charge >= 0.3 is 0 Å². The Labute approximate surface area is 111 Å². The zero-order valence-corrected chi connectivity index (χ0v) is 11.6. The van der Waals surface area contributed by atoms with Gasteiger partial charge in [0.1, 0.15) is 11.9 Å². The Balaban J connectivity index is 1.99. The molecule has 1 fully saturated rings. The predicted octanol–water partition coefficient (Wildman–Crippen LogP) is 4.05. The van der Waals surface area contributed by atoms with Crippen molar-refractivity contribution in [1.29, 1.82) is 0 Å². The Morgan fingerprint density at radius 2 is 1.89 bits per heavy atom. The Hall–Kier alpha value is -1.02. The monoisotopic (exact) mass is 247 g/mol. The van der Waals surface area contributed by atoms with Crippen molar-refractivity contribution >= 4 is 0 Å². The Bertz CT molecular complexity index is 358. The number of nitrogens with two attached hydrogens (primary N) is 1. The second kappa shape index (κ2) is 6.24. The number of hydrogen-bond acceptors (Lipinski definition) is 2. The summed E-state index contributed by atoms with van der Waals surface area (Å²) in [6, 6.07) is 8.35. The normalized spacial score (nSPS) is 25.7. The molecule has 0 spiro atoms. The van der Waals surface area contributed by atoms with Crippen LogP contribution in [0.5, 0.6) is 5.75 Å². The quantitative estimate of drug-likeness (QED) is 0.871. The molecule has 0 amide bonds. The maximum absolute atomic E-state index is 6.15. The fraction of sp³-hybridized carbons (Fsp3) is 0.625. The van der Waals surface area contributed by atoms with Crippen LogP contribution in [0.1, 0.15) is 57.6 Å². The molecule has 0 radical (unpaired) electrons. The molecule has 2 unspecified atom stereocenters. The molecule has 0 bridgehead atoms. The van der Waals surface area contributed by atoms with Gasteiger partial charge in [0, 0.05) is 6.04 Å². The Kier molecular flexibility index (Phi) is 4.65. The maximum Gasteiger partial charge on any atom is 0.119 e. The van der Waals surface area contributed by atoms with Gasteiger partial charge in [-0.1, -0.05) is 25.5 Å². The van der Waals surface area contributed by atoms with E-state index < -0.39 is 0 Å². The molecule has 100 valence electrons. The summed E-state index contributed by atoms with van der Waals surface area (Å²) in [6.45, 7) is 4.27. The van der Waals surface area contributed by atoms with E-state index in [-0.39, 0.29) is 6.04 Å². The maximum atomic E-state index is 6.15. The Morgan fingerprint density at radius 1 is 1.22 bits per heavy atom. The summed E-state index contributed by atoms with van der Waals surface area (Å²) in [6.07, 6.45) is 6.82. The van der Waals surface area contributed by atoms with Crippen molar-refractivity contribution in [3.05, 3.63) is 29.8 Å². The first-order chi connectivity index (χ1) is 8.70. The largest absolute Gasteiger partial charge is 0.490 e. The molecule has 2 rings (SSSR count). The number of hydrogen-bond donors (Lipinski definition) is 1. The summed E-state index contributed by atoms with van der Waals surface area (Å²) in [4.78, 5) is 0. The first-order valence-corrected chi connectivity index (χ1v) is 7.23. The molecule has 0 aliphatic heterocycles. The third kappa shape index (κ3) is 3.26.